The van der Waals surface area contributed by atoms with Crippen molar-refractivity contribution in [3.05, 3.63) is 163 Å². The maximum absolute atomic E-state index is 2.75. The van der Waals surface area contributed by atoms with Gasteiger partial charge in [-0.1, -0.05) is 142 Å². The molecule has 0 N–H and O–H groups in total. The molecule has 0 saturated carbocycles. The molecule has 0 saturated heterocycles. The van der Waals surface area contributed by atoms with Crippen molar-refractivity contribution in [1.29, 1.82) is 0 Å². The molecule has 0 fully saturated rings. The van der Waals surface area contributed by atoms with E-state index < -0.39 is 0 Å². The fourth-order valence-electron chi connectivity index (χ4n) is 10.2. The van der Waals surface area contributed by atoms with Crippen molar-refractivity contribution in [2.45, 2.75) is 26.2 Å². The Hall–Kier alpha value is -6.14. The Balaban J connectivity index is 1.25. The van der Waals surface area contributed by atoms with Crippen molar-refractivity contribution < 1.29 is 0 Å². The van der Waals surface area contributed by atoms with E-state index in [-0.39, 0.29) is 12.3 Å². The van der Waals surface area contributed by atoms with Gasteiger partial charge in [-0.05, 0) is 80.2 Å². The summed E-state index contributed by atoms with van der Waals surface area (Å²) in [7, 11) is 0. The van der Waals surface area contributed by atoms with Gasteiger partial charge in [0.25, 0.3) is 0 Å². The number of thiophene rings is 2. The van der Waals surface area contributed by atoms with Crippen LogP contribution in [0, 0.1) is 0 Å². The molecule has 2 nitrogen and oxygen atoms in total. The van der Waals surface area contributed by atoms with E-state index in [2.05, 4.69) is 188 Å². The van der Waals surface area contributed by atoms with Gasteiger partial charge in [0.15, 0.2) is 0 Å². The Morgan fingerprint density at radius 2 is 1.21 bits per heavy atom. The highest BCUT2D eigenvalue weighted by Crippen LogP contribution is 2.52. The number of hydrogen-bond acceptors (Lipinski definition) is 3. The van der Waals surface area contributed by atoms with E-state index in [0.717, 1.165) is 0 Å². The molecule has 8 aromatic carbocycles. The highest BCUT2D eigenvalue weighted by Gasteiger charge is 2.44. The van der Waals surface area contributed by atoms with Crippen molar-refractivity contribution in [1.82, 2.24) is 4.48 Å². The quantitative estimate of drug-likeness (QED) is 0.159. The number of benzene rings is 8. The number of aromatic nitrogens is 1. The highest BCUT2D eigenvalue weighted by molar-refractivity contribution is 7.27. The van der Waals surface area contributed by atoms with Crippen molar-refractivity contribution in [3.8, 4) is 22.3 Å². The lowest BCUT2D eigenvalue weighted by Gasteiger charge is -2.42. The number of rotatable bonds is 2. The summed E-state index contributed by atoms with van der Waals surface area (Å²) in [5, 5.41) is 7.92. The SMILES string of the molecule is CC(C)(C)c1ccc(N2c3cc4sc5ccccc5c4cc3B3c4c2cc2ccccc2c4-c2cccc4c5sc6ccccc6c5n3c24)c(-c2ccccc2)c1. The normalized spacial score (nSPS) is 13.5. The van der Waals surface area contributed by atoms with E-state index in [1.54, 1.807) is 0 Å². The summed E-state index contributed by atoms with van der Waals surface area (Å²) in [5.41, 5.74) is 15.6. The van der Waals surface area contributed by atoms with Gasteiger partial charge in [-0.3, -0.25) is 0 Å². The molecule has 13 rings (SSSR count). The fraction of sp³-hybridized carbons (Fsp3) is 0.0769. The smallest absolute Gasteiger partial charge is 0.333 e. The molecule has 0 unspecified atom stereocenters. The number of anilines is 3. The first-order valence-electron chi connectivity index (χ1n) is 19.9. The molecule has 0 spiro atoms. The Bertz CT molecular complexity index is 3530. The summed E-state index contributed by atoms with van der Waals surface area (Å²) in [6.07, 6.45) is 0. The second kappa shape index (κ2) is 11.3. The molecule has 0 radical (unpaired) electrons. The third kappa shape index (κ3) is 4.25. The predicted octanol–water partition coefficient (Wildman–Crippen LogP) is 13.9. The number of hydrogen-bond donors (Lipinski definition) is 0. The largest absolute Gasteiger partial charge is 0.374 e. The average molecular weight is 763 g/mol. The summed E-state index contributed by atoms with van der Waals surface area (Å²) < 4.78 is 8.11. The van der Waals surface area contributed by atoms with Crippen molar-refractivity contribution in [2.24, 2.45) is 0 Å². The van der Waals surface area contributed by atoms with Gasteiger partial charge in [-0.15, -0.1) is 22.7 Å². The van der Waals surface area contributed by atoms with E-state index in [1.807, 2.05) is 22.7 Å². The first-order valence-corrected chi connectivity index (χ1v) is 21.5. The number of nitrogens with zero attached hydrogens (tertiary/aromatic N) is 2. The van der Waals surface area contributed by atoms with Crippen LogP contribution in [0.2, 0.25) is 0 Å². The van der Waals surface area contributed by atoms with Gasteiger partial charge in [0.2, 0.25) is 0 Å². The molecule has 0 bridgehead atoms. The Morgan fingerprint density at radius 1 is 0.491 bits per heavy atom. The molecule has 11 aromatic rings. The molecule has 3 aromatic heterocycles. The maximum atomic E-state index is 2.75. The van der Waals surface area contributed by atoms with Gasteiger partial charge in [0.1, 0.15) is 0 Å². The second-order valence-electron chi connectivity index (χ2n) is 16.8. The predicted molar refractivity (Wildman–Crippen MR) is 250 cm³/mol. The van der Waals surface area contributed by atoms with Crippen molar-refractivity contribution in [3.63, 3.8) is 0 Å². The first-order chi connectivity index (χ1) is 27.9. The molecular formula is C52H35BN2S2. The average Bonchev–Trinajstić information content (AvgIpc) is 3.90. The minimum atomic E-state index is -0.0316. The topological polar surface area (TPSA) is 8.17 Å². The number of para-hydroxylation sites is 1. The van der Waals surface area contributed by atoms with Crippen LogP contribution in [0.1, 0.15) is 26.3 Å². The van der Waals surface area contributed by atoms with Gasteiger partial charge in [-0.2, -0.15) is 0 Å². The summed E-state index contributed by atoms with van der Waals surface area (Å²) in [5.74, 6) is 0. The van der Waals surface area contributed by atoms with E-state index in [9.17, 15) is 0 Å². The van der Waals surface area contributed by atoms with Crippen molar-refractivity contribution in [2.75, 3.05) is 4.90 Å². The second-order valence-corrected chi connectivity index (χ2v) is 19.0. The lowest BCUT2D eigenvalue weighted by atomic mass is 9.44. The van der Waals surface area contributed by atoms with E-state index in [1.165, 1.54) is 118 Å². The minimum Gasteiger partial charge on any atom is -0.374 e. The van der Waals surface area contributed by atoms with Gasteiger partial charge in [-0.25, -0.2) is 0 Å². The summed E-state index contributed by atoms with van der Waals surface area (Å²) >= 11 is 3.85. The molecular weight excluding hydrogens is 728 g/mol. The third-order valence-corrected chi connectivity index (χ3v) is 15.0. The number of fused-ring (bicyclic) bond motifs is 14. The standard InChI is InChI=1S/C52H35BN2S2/c1-52(2,3)32-24-25-41(38(27-32)30-14-5-4-6-15-30)54-42-29-46-39(34-18-9-11-22-44(34)56-46)28-40(42)53-48-43(54)26-31-16-7-8-17-33(31)47(48)36-20-13-21-37-49(36)55(53)50-35-19-10-12-23-45(35)57-51(37)50/h4-29H,1-3H3. The van der Waals surface area contributed by atoms with Crippen LogP contribution in [0.5, 0.6) is 0 Å². The third-order valence-electron chi connectivity index (χ3n) is 12.7. The van der Waals surface area contributed by atoms with E-state index >= 15 is 0 Å². The summed E-state index contributed by atoms with van der Waals surface area (Å²) in [4.78, 5) is 2.63. The molecule has 57 heavy (non-hydrogen) atoms. The van der Waals surface area contributed by atoms with Crippen LogP contribution in [0.15, 0.2) is 158 Å². The van der Waals surface area contributed by atoms with Crippen LogP contribution < -0.4 is 15.8 Å². The molecule has 0 aliphatic carbocycles. The van der Waals surface area contributed by atoms with Gasteiger partial charge < -0.3 is 9.38 Å². The lowest BCUT2D eigenvalue weighted by Crippen LogP contribution is -2.56. The summed E-state index contributed by atoms with van der Waals surface area (Å²) in [6, 6.07) is 59.9. The van der Waals surface area contributed by atoms with Crippen LogP contribution in [0.4, 0.5) is 17.1 Å². The fourth-order valence-corrected chi connectivity index (χ4v) is 12.5. The zero-order chi connectivity index (χ0) is 37.7. The lowest BCUT2D eigenvalue weighted by molar-refractivity contribution is 0.590. The van der Waals surface area contributed by atoms with Crippen molar-refractivity contribution >= 4 is 120 Å². The molecule has 5 heterocycles. The molecule has 2 aliphatic rings. The van der Waals surface area contributed by atoms with E-state index in [0.29, 0.717) is 0 Å². The maximum Gasteiger partial charge on any atom is 0.333 e. The van der Waals surface area contributed by atoms with Crippen LogP contribution in [-0.2, 0) is 5.41 Å². The molecule has 2 aliphatic heterocycles. The zero-order valence-corrected chi connectivity index (χ0v) is 33.4. The van der Waals surface area contributed by atoms with E-state index in [4.69, 9.17) is 0 Å². The zero-order valence-electron chi connectivity index (χ0n) is 31.8. The minimum absolute atomic E-state index is 0.00347. The molecule has 0 atom stereocenters. The van der Waals surface area contributed by atoms with Gasteiger partial charge >= 0.3 is 6.85 Å². The Kier molecular flexibility index (Phi) is 6.32. The van der Waals surface area contributed by atoms with Crippen LogP contribution >= 0.6 is 22.7 Å². The highest BCUT2D eigenvalue weighted by atomic mass is 32.1. The molecule has 268 valence electrons. The van der Waals surface area contributed by atoms with Crippen LogP contribution in [0.3, 0.4) is 0 Å². The van der Waals surface area contributed by atoms with Crippen LogP contribution in [-0.4, -0.2) is 11.3 Å². The van der Waals surface area contributed by atoms with Gasteiger partial charge in [0, 0.05) is 63.7 Å². The first kappa shape index (κ1) is 32.0. The Labute approximate surface area is 339 Å². The molecule has 0 amide bonds. The Morgan fingerprint density at radius 3 is 2.04 bits per heavy atom. The monoisotopic (exact) mass is 762 g/mol. The van der Waals surface area contributed by atoms with Gasteiger partial charge in [0.05, 0.1) is 15.9 Å². The van der Waals surface area contributed by atoms with Crippen LogP contribution in [0.25, 0.3) is 84.4 Å². The summed E-state index contributed by atoms with van der Waals surface area (Å²) in [6.45, 7) is 6.93. The molecule has 5 heteroatoms.